The normalized spacial score (nSPS) is 11.6. The number of benzene rings is 2. The first-order valence-corrected chi connectivity index (χ1v) is 9.16. The van der Waals surface area contributed by atoms with E-state index in [0.717, 1.165) is 17.1 Å². The fraction of sp³-hybridized carbons (Fsp3) is 0.333. The van der Waals surface area contributed by atoms with Gasteiger partial charge in [-0.3, -0.25) is 9.79 Å². The third-order valence-electron chi connectivity index (χ3n) is 3.91. The highest BCUT2D eigenvalue weighted by molar-refractivity contribution is 14.0. The summed E-state index contributed by atoms with van der Waals surface area (Å²) >= 11 is 0. The number of ether oxygens (including phenoxy) is 2. The van der Waals surface area contributed by atoms with Crippen molar-refractivity contribution in [2.45, 2.75) is 19.6 Å². The Labute approximate surface area is 189 Å². The van der Waals surface area contributed by atoms with Gasteiger partial charge in [0, 0.05) is 19.7 Å². The van der Waals surface area contributed by atoms with Crippen LogP contribution in [0.4, 0.5) is 0 Å². The van der Waals surface area contributed by atoms with Crippen molar-refractivity contribution in [2.75, 3.05) is 27.2 Å². The number of hydrogen-bond acceptors (Lipinski definition) is 4. The Bertz CT molecular complexity index is 772. The Kier molecular flexibility index (Phi) is 11.6. The lowest BCUT2D eigenvalue weighted by molar-refractivity contribution is -0.120. The lowest BCUT2D eigenvalue weighted by atomic mass is 10.2. The van der Waals surface area contributed by atoms with Crippen molar-refractivity contribution < 1.29 is 14.3 Å². The zero-order chi connectivity index (χ0) is 20.2. The Balaban J connectivity index is 0.00000420. The van der Waals surface area contributed by atoms with Gasteiger partial charge in [-0.05, 0) is 24.6 Å². The molecule has 1 unspecified atom stereocenters. The summed E-state index contributed by atoms with van der Waals surface area (Å²) < 4.78 is 11.1. The number of methoxy groups -OCH3 is 1. The van der Waals surface area contributed by atoms with E-state index in [0.29, 0.717) is 19.0 Å². The fourth-order valence-electron chi connectivity index (χ4n) is 2.43. The molecule has 3 N–H and O–H groups in total. The highest BCUT2D eigenvalue weighted by Crippen LogP contribution is 2.19. The van der Waals surface area contributed by atoms with Crippen LogP contribution in [0.25, 0.3) is 0 Å². The van der Waals surface area contributed by atoms with Crippen LogP contribution in [0, 0.1) is 0 Å². The lowest BCUT2D eigenvalue weighted by Crippen LogP contribution is -2.45. The summed E-state index contributed by atoms with van der Waals surface area (Å²) in [6, 6.07) is 17.2. The van der Waals surface area contributed by atoms with Gasteiger partial charge in [0.1, 0.15) is 17.6 Å². The van der Waals surface area contributed by atoms with Gasteiger partial charge in [-0.2, -0.15) is 0 Å². The zero-order valence-corrected chi connectivity index (χ0v) is 19.3. The summed E-state index contributed by atoms with van der Waals surface area (Å²) in [5.41, 5.74) is 1.06. The minimum absolute atomic E-state index is 0. The van der Waals surface area contributed by atoms with Crippen molar-refractivity contribution in [2.24, 2.45) is 4.99 Å². The maximum Gasteiger partial charge on any atom is 0.239 e. The first-order valence-electron chi connectivity index (χ1n) is 9.16. The van der Waals surface area contributed by atoms with E-state index in [1.807, 2.05) is 61.5 Å². The topological polar surface area (TPSA) is 84.0 Å². The van der Waals surface area contributed by atoms with Crippen molar-refractivity contribution in [3.63, 3.8) is 0 Å². The molecule has 29 heavy (non-hydrogen) atoms. The molecule has 0 bridgehead atoms. The van der Waals surface area contributed by atoms with Crippen molar-refractivity contribution in [3.05, 3.63) is 60.2 Å². The Morgan fingerprint density at radius 1 is 1.03 bits per heavy atom. The Hall–Kier alpha value is -2.49. The van der Waals surface area contributed by atoms with Gasteiger partial charge < -0.3 is 25.4 Å². The molecular weight excluding hydrogens is 483 g/mol. The number of guanidine groups is 1. The number of aliphatic imine (C=N–C) groups is 1. The van der Waals surface area contributed by atoms with Gasteiger partial charge in [-0.1, -0.05) is 36.4 Å². The monoisotopic (exact) mass is 512 g/mol. The molecule has 0 saturated heterocycles. The third-order valence-corrected chi connectivity index (χ3v) is 3.91. The molecule has 0 aliphatic rings. The average molecular weight is 512 g/mol. The zero-order valence-electron chi connectivity index (χ0n) is 17.0. The van der Waals surface area contributed by atoms with E-state index in [4.69, 9.17) is 9.47 Å². The molecule has 0 heterocycles. The van der Waals surface area contributed by atoms with Crippen LogP contribution in [0.5, 0.6) is 11.5 Å². The standard InChI is InChI=1S/C21H28N4O3.HI/c1-16(28-19-11-7-10-18(12-19)27-3)13-24-21(22-2)25-15-20(26)23-14-17-8-5-4-6-9-17;/h4-12,16H,13-15H2,1-3H3,(H,23,26)(H2,22,24,25);1H. The van der Waals surface area contributed by atoms with Gasteiger partial charge in [0.2, 0.25) is 5.91 Å². The van der Waals surface area contributed by atoms with Gasteiger partial charge in [0.15, 0.2) is 5.96 Å². The van der Waals surface area contributed by atoms with Crippen LogP contribution >= 0.6 is 24.0 Å². The average Bonchev–Trinajstić information content (AvgIpc) is 2.73. The maximum atomic E-state index is 12.0. The van der Waals surface area contributed by atoms with Gasteiger partial charge in [-0.25, -0.2) is 0 Å². The van der Waals surface area contributed by atoms with E-state index in [-0.39, 0.29) is 42.5 Å². The number of carbonyl (C=O) groups excluding carboxylic acids is 1. The lowest BCUT2D eigenvalue weighted by Gasteiger charge is -2.18. The number of nitrogens with zero attached hydrogens (tertiary/aromatic N) is 1. The molecule has 0 aliphatic heterocycles. The van der Waals surface area contributed by atoms with Crippen LogP contribution in [0.15, 0.2) is 59.6 Å². The number of nitrogens with one attached hydrogen (secondary N) is 3. The van der Waals surface area contributed by atoms with E-state index < -0.39 is 0 Å². The minimum Gasteiger partial charge on any atom is -0.497 e. The maximum absolute atomic E-state index is 12.0. The summed E-state index contributed by atoms with van der Waals surface area (Å²) in [6.45, 7) is 3.12. The minimum atomic E-state index is -0.104. The second kappa shape index (κ2) is 13.6. The van der Waals surface area contributed by atoms with Crippen LogP contribution in [-0.2, 0) is 11.3 Å². The molecule has 0 fully saturated rings. The van der Waals surface area contributed by atoms with Gasteiger partial charge >= 0.3 is 0 Å². The van der Waals surface area contributed by atoms with E-state index in [9.17, 15) is 4.79 Å². The predicted octanol–water partition coefficient (Wildman–Crippen LogP) is 2.56. The van der Waals surface area contributed by atoms with Crippen molar-refractivity contribution in [1.82, 2.24) is 16.0 Å². The molecule has 0 spiro atoms. The molecule has 0 aromatic heterocycles. The highest BCUT2D eigenvalue weighted by atomic mass is 127. The quantitative estimate of drug-likeness (QED) is 0.273. The summed E-state index contributed by atoms with van der Waals surface area (Å²) in [5, 5.41) is 9.01. The molecule has 0 saturated carbocycles. The van der Waals surface area contributed by atoms with E-state index in [2.05, 4.69) is 20.9 Å². The first kappa shape index (κ1) is 24.5. The summed E-state index contributed by atoms with van der Waals surface area (Å²) in [5.74, 6) is 1.91. The van der Waals surface area contributed by atoms with Gasteiger partial charge in [0.05, 0.1) is 20.2 Å². The third kappa shape index (κ3) is 9.51. The molecule has 158 valence electrons. The number of hydrogen-bond donors (Lipinski definition) is 3. The number of halogens is 1. The SMILES string of the molecule is CN=C(NCC(=O)NCc1ccccc1)NCC(C)Oc1cccc(OC)c1.I. The number of rotatable bonds is 9. The van der Waals surface area contributed by atoms with Crippen LogP contribution in [-0.4, -0.2) is 45.2 Å². The van der Waals surface area contributed by atoms with Gasteiger partial charge in [-0.15, -0.1) is 24.0 Å². The smallest absolute Gasteiger partial charge is 0.239 e. The first-order chi connectivity index (χ1) is 13.6. The summed E-state index contributed by atoms with van der Waals surface area (Å²) in [6.07, 6.45) is -0.0995. The van der Waals surface area contributed by atoms with Crippen molar-refractivity contribution in [1.29, 1.82) is 0 Å². The number of carbonyl (C=O) groups is 1. The van der Waals surface area contributed by atoms with Crippen molar-refractivity contribution >= 4 is 35.8 Å². The van der Waals surface area contributed by atoms with Crippen LogP contribution in [0.3, 0.4) is 0 Å². The molecule has 7 nitrogen and oxygen atoms in total. The van der Waals surface area contributed by atoms with Crippen LogP contribution < -0.4 is 25.4 Å². The van der Waals surface area contributed by atoms with E-state index in [1.165, 1.54) is 0 Å². The van der Waals surface area contributed by atoms with Crippen LogP contribution in [0.2, 0.25) is 0 Å². The molecule has 0 radical (unpaired) electrons. The largest absolute Gasteiger partial charge is 0.497 e. The molecule has 1 amide bonds. The number of amides is 1. The predicted molar refractivity (Wildman–Crippen MR) is 126 cm³/mol. The summed E-state index contributed by atoms with van der Waals surface area (Å²) in [4.78, 5) is 16.1. The molecule has 0 aliphatic carbocycles. The molecular formula is C21H29IN4O3. The molecule has 2 aromatic carbocycles. The van der Waals surface area contributed by atoms with Gasteiger partial charge in [0.25, 0.3) is 0 Å². The van der Waals surface area contributed by atoms with Crippen LogP contribution in [0.1, 0.15) is 12.5 Å². The van der Waals surface area contributed by atoms with Crippen molar-refractivity contribution in [3.8, 4) is 11.5 Å². The second-order valence-electron chi connectivity index (χ2n) is 6.18. The van der Waals surface area contributed by atoms with E-state index >= 15 is 0 Å². The fourth-order valence-corrected chi connectivity index (χ4v) is 2.43. The summed E-state index contributed by atoms with van der Waals surface area (Å²) in [7, 11) is 3.28. The second-order valence-corrected chi connectivity index (χ2v) is 6.18. The van der Waals surface area contributed by atoms with E-state index in [1.54, 1.807) is 14.2 Å². The highest BCUT2D eigenvalue weighted by Gasteiger charge is 2.08. The Morgan fingerprint density at radius 2 is 1.76 bits per heavy atom. The molecule has 2 rings (SSSR count). The molecule has 1 atom stereocenters. The molecule has 2 aromatic rings. The molecule has 8 heteroatoms. The Morgan fingerprint density at radius 3 is 2.45 bits per heavy atom.